The summed E-state index contributed by atoms with van der Waals surface area (Å²) in [5.41, 5.74) is 0.992. The van der Waals surface area contributed by atoms with Crippen LogP contribution in [0, 0.1) is 12.8 Å². The summed E-state index contributed by atoms with van der Waals surface area (Å²) in [4.78, 5) is 4.34. The fraction of sp³-hybridized carbons (Fsp3) is 0.500. The van der Waals surface area contributed by atoms with Gasteiger partial charge >= 0.3 is 0 Å². The molecule has 20 heavy (non-hydrogen) atoms. The number of aryl methyl sites for hydroxylation is 1. The molecule has 2 aromatic heterocycles. The first-order chi connectivity index (χ1) is 9.63. The van der Waals surface area contributed by atoms with Crippen LogP contribution in [-0.4, -0.2) is 21.7 Å². The van der Waals surface area contributed by atoms with Crippen LogP contribution in [-0.2, 0) is 13.2 Å². The minimum absolute atomic E-state index is 0.257. The van der Waals surface area contributed by atoms with Gasteiger partial charge in [-0.2, -0.15) is 0 Å². The van der Waals surface area contributed by atoms with Crippen molar-refractivity contribution in [2.75, 3.05) is 6.54 Å². The minimum atomic E-state index is 0.257. The Morgan fingerprint density at radius 3 is 2.75 bits per heavy atom. The van der Waals surface area contributed by atoms with Crippen LogP contribution in [0.4, 0.5) is 0 Å². The molecule has 6 nitrogen and oxygen atoms in total. The summed E-state index contributed by atoms with van der Waals surface area (Å²) < 4.78 is 10.8. The van der Waals surface area contributed by atoms with Gasteiger partial charge in [0.05, 0.1) is 11.9 Å². The third-order valence-corrected chi connectivity index (χ3v) is 2.59. The lowest BCUT2D eigenvalue weighted by Crippen LogP contribution is -2.19. The first-order valence-electron chi connectivity index (χ1n) is 6.71. The van der Waals surface area contributed by atoms with Gasteiger partial charge in [-0.1, -0.05) is 13.8 Å². The maximum Gasteiger partial charge on any atom is 0.253 e. The fourth-order valence-corrected chi connectivity index (χ4v) is 1.63. The number of aromatic nitrogens is 3. The molecule has 6 heteroatoms. The molecule has 0 radical (unpaired) electrons. The normalized spacial score (nSPS) is 11.0. The molecule has 0 fully saturated rings. The monoisotopic (exact) mass is 276 g/mol. The molecule has 0 bridgehead atoms. The molecule has 0 unspecified atom stereocenters. The second-order valence-electron chi connectivity index (χ2n) is 5.01. The first-order valence-corrected chi connectivity index (χ1v) is 6.71. The maximum atomic E-state index is 5.52. The number of hydrogen-bond acceptors (Lipinski definition) is 6. The van der Waals surface area contributed by atoms with E-state index >= 15 is 0 Å². The Kier molecular flexibility index (Phi) is 5.06. The van der Waals surface area contributed by atoms with Gasteiger partial charge in [0.2, 0.25) is 5.89 Å². The van der Waals surface area contributed by atoms with Crippen LogP contribution >= 0.6 is 0 Å². The smallest absolute Gasteiger partial charge is 0.253 e. The molecule has 0 atom stereocenters. The van der Waals surface area contributed by atoms with E-state index < -0.39 is 0 Å². The van der Waals surface area contributed by atoms with Crippen LogP contribution in [0.5, 0.6) is 5.75 Å². The van der Waals surface area contributed by atoms with Crippen molar-refractivity contribution in [1.82, 2.24) is 20.5 Å². The SMILES string of the molecule is Cc1nnc(COc2ccc(CNCC(C)C)nc2)o1. The van der Waals surface area contributed by atoms with Crippen molar-refractivity contribution in [3.63, 3.8) is 0 Å². The van der Waals surface area contributed by atoms with E-state index in [1.54, 1.807) is 13.1 Å². The van der Waals surface area contributed by atoms with Gasteiger partial charge in [0.25, 0.3) is 5.89 Å². The summed E-state index contributed by atoms with van der Waals surface area (Å²) in [6, 6.07) is 3.84. The molecular formula is C14H20N4O2. The zero-order valence-electron chi connectivity index (χ0n) is 12.1. The van der Waals surface area contributed by atoms with E-state index in [0.717, 1.165) is 18.8 Å². The molecule has 0 saturated carbocycles. The van der Waals surface area contributed by atoms with Gasteiger partial charge in [-0.3, -0.25) is 4.98 Å². The average molecular weight is 276 g/mol. The highest BCUT2D eigenvalue weighted by Crippen LogP contribution is 2.11. The van der Waals surface area contributed by atoms with E-state index in [2.05, 4.69) is 34.3 Å². The summed E-state index contributed by atoms with van der Waals surface area (Å²) in [7, 11) is 0. The Bertz CT molecular complexity index is 522. The van der Waals surface area contributed by atoms with Crippen LogP contribution in [0.3, 0.4) is 0 Å². The van der Waals surface area contributed by atoms with Crippen molar-refractivity contribution in [3.8, 4) is 5.75 Å². The van der Waals surface area contributed by atoms with E-state index in [0.29, 0.717) is 23.4 Å². The molecule has 2 heterocycles. The summed E-state index contributed by atoms with van der Waals surface area (Å²) in [5.74, 6) is 2.32. The molecule has 0 aliphatic heterocycles. The Morgan fingerprint density at radius 1 is 1.30 bits per heavy atom. The highest BCUT2D eigenvalue weighted by molar-refractivity contribution is 5.19. The summed E-state index contributed by atoms with van der Waals surface area (Å²) in [6.45, 7) is 8.11. The summed E-state index contributed by atoms with van der Waals surface area (Å²) in [6.07, 6.45) is 1.70. The lowest BCUT2D eigenvalue weighted by Gasteiger charge is -2.07. The third kappa shape index (κ3) is 4.62. The van der Waals surface area contributed by atoms with Gasteiger partial charge in [0, 0.05) is 13.5 Å². The largest absolute Gasteiger partial charge is 0.482 e. The molecule has 0 aliphatic carbocycles. The quantitative estimate of drug-likeness (QED) is 0.835. The number of nitrogens with zero attached hydrogens (tertiary/aromatic N) is 3. The zero-order valence-corrected chi connectivity index (χ0v) is 12.1. The second-order valence-corrected chi connectivity index (χ2v) is 5.01. The van der Waals surface area contributed by atoms with Gasteiger partial charge in [0.15, 0.2) is 6.61 Å². The topological polar surface area (TPSA) is 73.1 Å². The van der Waals surface area contributed by atoms with Crippen LogP contribution < -0.4 is 10.1 Å². The molecular weight excluding hydrogens is 256 g/mol. The molecule has 2 aromatic rings. The van der Waals surface area contributed by atoms with Crippen molar-refractivity contribution >= 4 is 0 Å². The molecule has 0 amide bonds. The van der Waals surface area contributed by atoms with Crippen molar-refractivity contribution < 1.29 is 9.15 Å². The number of nitrogens with one attached hydrogen (secondary N) is 1. The summed E-state index contributed by atoms with van der Waals surface area (Å²) in [5, 5.41) is 10.9. The Hall–Kier alpha value is -1.95. The minimum Gasteiger partial charge on any atom is -0.482 e. The van der Waals surface area contributed by atoms with Crippen LogP contribution in [0.25, 0.3) is 0 Å². The number of pyridine rings is 1. The van der Waals surface area contributed by atoms with Gasteiger partial charge in [-0.25, -0.2) is 0 Å². The predicted octanol–water partition coefficient (Wildman–Crippen LogP) is 2.10. The van der Waals surface area contributed by atoms with Crippen LogP contribution in [0.15, 0.2) is 22.7 Å². The Labute approximate surface area is 118 Å². The van der Waals surface area contributed by atoms with Gasteiger partial charge in [-0.15, -0.1) is 10.2 Å². The van der Waals surface area contributed by atoms with E-state index in [4.69, 9.17) is 9.15 Å². The van der Waals surface area contributed by atoms with E-state index in [1.807, 2.05) is 12.1 Å². The van der Waals surface area contributed by atoms with Crippen LogP contribution in [0.1, 0.15) is 31.3 Å². The Morgan fingerprint density at radius 2 is 2.15 bits per heavy atom. The zero-order chi connectivity index (χ0) is 14.4. The summed E-state index contributed by atoms with van der Waals surface area (Å²) >= 11 is 0. The number of ether oxygens (including phenoxy) is 1. The molecule has 0 aromatic carbocycles. The number of hydrogen-bond donors (Lipinski definition) is 1. The average Bonchev–Trinajstić information content (AvgIpc) is 2.83. The van der Waals surface area contributed by atoms with Gasteiger partial charge in [-0.05, 0) is 24.6 Å². The van der Waals surface area contributed by atoms with Gasteiger partial charge in [0.1, 0.15) is 5.75 Å². The van der Waals surface area contributed by atoms with Crippen molar-refractivity contribution in [2.24, 2.45) is 5.92 Å². The molecule has 0 spiro atoms. The standard InChI is InChI=1S/C14H20N4O2/c1-10(2)6-15-7-12-4-5-13(8-16-12)19-9-14-18-17-11(3)20-14/h4-5,8,10,15H,6-7,9H2,1-3H3. The highest BCUT2D eigenvalue weighted by Gasteiger charge is 2.04. The maximum absolute atomic E-state index is 5.52. The van der Waals surface area contributed by atoms with E-state index in [-0.39, 0.29) is 6.61 Å². The first kappa shape index (κ1) is 14.5. The van der Waals surface area contributed by atoms with E-state index in [1.165, 1.54) is 0 Å². The van der Waals surface area contributed by atoms with E-state index in [9.17, 15) is 0 Å². The third-order valence-electron chi connectivity index (χ3n) is 2.59. The molecule has 1 N–H and O–H groups in total. The highest BCUT2D eigenvalue weighted by atomic mass is 16.5. The molecule has 0 aliphatic rings. The predicted molar refractivity (Wildman–Crippen MR) is 74.1 cm³/mol. The lowest BCUT2D eigenvalue weighted by atomic mass is 10.2. The number of rotatable bonds is 7. The van der Waals surface area contributed by atoms with Gasteiger partial charge < -0.3 is 14.5 Å². The second kappa shape index (κ2) is 7.00. The lowest BCUT2D eigenvalue weighted by molar-refractivity contribution is 0.259. The van der Waals surface area contributed by atoms with Crippen molar-refractivity contribution in [2.45, 2.75) is 33.9 Å². The fourth-order valence-electron chi connectivity index (χ4n) is 1.63. The molecule has 108 valence electrons. The van der Waals surface area contributed by atoms with Crippen molar-refractivity contribution in [1.29, 1.82) is 0 Å². The van der Waals surface area contributed by atoms with Crippen molar-refractivity contribution in [3.05, 3.63) is 35.8 Å². The molecule has 2 rings (SSSR count). The molecule has 0 saturated heterocycles. The Balaban J connectivity index is 1.79. The van der Waals surface area contributed by atoms with Crippen LogP contribution in [0.2, 0.25) is 0 Å².